The highest BCUT2D eigenvalue weighted by Gasteiger charge is 2.07. The summed E-state index contributed by atoms with van der Waals surface area (Å²) >= 11 is 0. The van der Waals surface area contributed by atoms with Gasteiger partial charge >= 0.3 is 0 Å². The fourth-order valence-corrected chi connectivity index (χ4v) is 3.04. The molecule has 1 amide bonds. The molecule has 0 saturated heterocycles. The van der Waals surface area contributed by atoms with E-state index in [0.29, 0.717) is 12.3 Å². The molecular weight excluding hydrogens is 352 g/mol. The quantitative estimate of drug-likeness (QED) is 0.564. The first-order valence-corrected chi connectivity index (χ1v) is 9.00. The second kappa shape index (κ2) is 7.92. The summed E-state index contributed by atoms with van der Waals surface area (Å²) in [4.78, 5) is 16.4. The van der Waals surface area contributed by atoms with E-state index in [0.717, 1.165) is 27.6 Å². The summed E-state index contributed by atoms with van der Waals surface area (Å²) in [5, 5.41) is 9.26. The molecule has 2 heterocycles. The molecule has 0 aliphatic rings. The molecule has 4 rings (SSSR count). The van der Waals surface area contributed by atoms with Crippen LogP contribution in [0.4, 0.5) is 0 Å². The normalized spacial score (nSPS) is 10.8. The molecule has 0 aliphatic carbocycles. The van der Waals surface area contributed by atoms with Crippen LogP contribution >= 0.6 is 0 Å². The van der Waals surface area contributed by atoms with Gasteiger partial charge in [0.05, 0.1) is 5.69 Å². The minimum Gasteiger partial charge on any atom is -0.484 e. The molecule has 0 spiro atoms. The van der Waals surface area contributed by atoms with Crippen LogP contribution in [0, 0.1) is 0 Å². The number of hydrogen-bond acceptors (Lipinski definition) is 4. The number of pyridine rings is 1. The summed E-state index contributed by atoms with van der Waals surface area (Å²) < 4.78 is 7.41. The zero-order chi connectivity index (χ0) is 19.3. The predicted molar refractivity (Wildman–Crippen MR) is 108 cm³/mol. The molecule has 0 atom stereocenters. The SMILES string of the molecule is Cn1nccc1-c1cncc(CNC(=O)COc2ccc3ccccc3c2)c1. The Labute approximate surface area is 162 Å². The highest BCUT2D eigenvalue weighted by molar-refractivity contribution is 5.84. The molecule has 0 unspecified atom stereocenters. The molecule has 28 heavy (non-hydrogen) atoms. The molecule has 0 aliphatic heterocycles. The standard InChI is InChI=1S/C22H20N4O2/c1-26-21(8-9-25-26)19-10-16(12-23-14-19)13-24-22(27)15-28-20-7-6-17-4-2-3-5-18(17)11-20/h2-12,14H,13,15H2,1H3,(H,24,27). The van der Waals surface area contributed by atoms with Crippen molar-refractivity contribution in [2.45, 2.75) is 6.54 Å². The van der Waals surface area contributed by atoms with Crippen molar-refractivity contribution in [3.05, 3.63) is 78.8 Å². The summed E-state index contributed by atoms with van der Waals surface area (Å²) in [6.07, 6.45) is 5.27. The summed E-state index contributed by atoms with van der Waals surface area (Å²) in [5.41, 5.74) is 2.84. The van der Waals surface area contributed by atoms with Crippen molar-refractivity contribution in [3.8, 4) is 17.0 Å². The molecular formula is C22H20N4O2. The van der Waals surface area contributed by atoms with Gasteiger partial charge in [-0.15, -0.1) is 0 Å². The first-order valence-electron chi connectivity index (χ1n) is 9.00. The molecule has 1 N–H and O–H groups in total. The van der Waals surface area contributed by atoms with Crippen LogP contribution in [-0.4, -0.2) is 27.3 Å². The number of aryl methyl sites for hydroxylation is 1. The lowest BCUT2D eigenvalue weighted by molar-refractivity contribution is -0.123. The van der Waals surface area contributed by atoms with Gasteiger partial charge in [0.2, 0.25) is 0 Å². The lowest BCUT2D eigenvalue weighted by atomic mass is 10.1. The molecule has 0 fully saturated rings. The summed E-state index contributed by atoms with van der Waals surface area (Å²) in [5.74, 6) is 0.493. The van der Waals surface area contributed by atoms with Gasteiger partial charge in [-0.2, -0.15) is 5.10 Å². The number of rotatable bonds is 6. The minimum atomic E-state index is -0.181. The minimum absolute atomic E-state index is 0.0345. The Morgan fingerprint density at radius 2 is 1.93 bits per heavy atom. The van der Waals surface area contributed by atoms with Gasteiger partial charge in [-0.25, -0.2) is 0 Å². The smallest absolute Gasteiger partial charge is 0.258 e. The summed E-state index contributed by atoms with van der Waals surface area (Å²) in [6.45, 7) is 0.353. The van der Waals surface area contributed by atoms with Crippen LogP contribution in [0.15, 0.2) is 73.2 Å². The van der Waals surface area contributed by atoms with E-state index in [1.165, 1.54) is 0 Å². The number of amides is 1. The predicted octanol–water partition coefficient (Wildman–Crippen LogP) is 3.33. The van der Waals surface area contributed by atoms with E-state index in [1.807, 2.05) is 61.6 Å². The molecule has 0 bridgehead atoms. The van der Waals surface area contributed by atoms with Crippen LogP contribution in [0.2, 0.25) is 0 Å². The van der Waals surface area contributed by atoms with E-state index < -0.39 is 0 Å². The Morgan fingerprint density at radius 1 is 1.07 bits per heavy atom. The van der Waals surface area contributed by atoms with Gasteiger partial charge in [-0.1, -0.05) is 30.3 Å². The van der Waals surface area contributed by atoms with E-state index in [-0.39, 0.29) is 12.5 Å². The van der Waals surface area contributed by atoms with E-state index in [1.54, 1.807) is 23.3 Å². The highest BCUT2D eigenvalue weighted by atomic mass is 16.5. The Morgan fingerprint density at radius 3 is 2.75 bits per heavy atom. The van der Waals surface area contributed by atoms with E-state index in [4.69, 9.17) is 4.74 Å². The number of hydrogen-bond donors (Lipinski definition) is 1. The van der Waals surface area contributed by atoms with E-state index in [9.17, 15) is 4.79 Å². The maximum Gasteiger partial charge on any atom is 0.258 e. The van der Waals surface area contributed by atoms with Crippen molar-refractivity contribution in [2.24, 2.45) is 7.05 Å². The number of ether oxygens (including phenoxy) is 1. The van der Waals surface area contributed by atoms with Gasteiger partial charge in [0.25, 0.3) is 5.91 Å². The molecule has 6 heteroatoms. The van der Waals surface area contributed by atoms with Gasteiger partial charge in [-0.05, 0) is 40.6 Å². The van der Waals surface area contributed by atoms with Crippen molar-refractivity contribution >= 4 is 16.7 Å². The van der Waals surface area contributed by atoms with Gasteiger partial charge < -0.3 is 10.1 Å². The van der Waals surface area contributed by atoms with Gasteiger partial charge in [0.1, 0.15) is 5.75 Å². The topological polar surface area (TPSA) is 69.0 Å². The highest BCUT2D eigenvalue weighted by Crippen LogP contribution is 2.20. The fraction of sp³-hybridized carbons (Fsp3) is 0.136. The second-order valence-corrected chi connectivity index (χ2v) is 6.50. The van der Waals surface area contributed by atoms with Gasteiger partial charge in [0, 0.05) is 37.7 Å². The lowest BCUT2D eigenvalue weighted by Crippen LogP contribution is -2.28. The first kappa shape index (κ1) is 17.7. The Kier molecular flexibility index (Phi) is 5.01. The number of nitrogens with one attached hydrogen (secondary N) is 1. The maximum atomic E-state index is 12.2. The zero-order valence-electron chi connectivity index (χ0n) is 15.5. The first-order chi connectivity index (χ1) is 13.7. The van der Waals surface area contributed by atoms with Crippen LogP contribution in [0.25, 0.3) is 22.0 Å². The van der Waals surface area contributed by atoms with Gasteiger partial charge in [0.15, 0.2) is 6.61 Å². The van der Waals surface area contributed by atoms with E-state index in [2.05, 4.69) is 15.4 Å². The Balaban J connectivity index is 1.33. The van der Waals surface area contributed by atoms with Crippen molar-refractivity contribution < 1.29 is 9.53 Å². The Hall–Kier alpha value is -3.67. The molecule has 2 aromatic heterocycles. The fourth-order valence-electron chi connectivity index (χ4n) is 3.04. The second-order valence-electron chi connectivity index (χ2n) is 6.50. The van der Waals surface area contributed by atoms with Crippen LogP contribution in [0.1, 0.15) is 5.56 Å². The van der Waals surface area contributed by atoms with Crippen LogP contribution in [0.3, 0.4) is 0 Å². The monoisotopic (exact) mass is 372 g/mol. The summed E-state index contributed by atoms with van der Waals surface area (Å²) in [6, 6.07) is 17.7. The average Bonchev–Trinajstić information content (AvgIpc) is 3.16. The van der Waals surface area contributed by atoms with Crippen LogP contribution < -0.4 is 10.1 Å². The third kappa shape index (κ3) is 4.01. The van der Waals surface area contributed by atoms with Crippen LogP contribution in [-0.2, 0) is 18.4 Å². The molecule has 0 radical (unpaired) electrons. The molecule has 2 aromatic carbocycles. The van der Waals surface area contributed by atoms with Crippen molar-refractivity contribution in [2.75, 3.05) is 6.61 Å². The molecule has 140 valence electrons. The van der Waals surface area contributed by atoms with Crippen LogP contribution in [0.5, 0.6) is 5.75 Å². The number of nitrogens with zero attached hydrogens (tertiary/aromatic N) is 3. The largest absolute Gasteiger partial charge is 0.484 e. The molecule has 0 saturated carbocycles. The Bertz CT molecular complexity index is 1120. The van der Waals surface area contributed by atoms with Gasteiger partial charge in [-0.3, -0.25) is 14.5 Å². The number of aromatic nitrogens is 3. The number of fused-ring (bicyclic) bond motifs is 1. The summed E-state index contributed by atoms with van der Waals surface area (Å²) in [7, 11) is 1.88. The van der Waals surface area contributed by atoms with Crippen molar-refractivity contribution in [1.82, 2.24) is 20.1 Å². The number of benzene rings is 2. The number of carbonyl (C=O) groups excluding carboxylic acids is 1. The number of carbonyl (C=O) groups is 1. The zero-order valence-corrected chi connectivity index (χ0v) is 15.5. The van der Waals surface area contributed by atoms with E-state index >= 15 is 0 Å². The third-order valence-corrected chi connectivity index (χ3v) is 4.49. The van der Waals surface area contributed by atoms with Crippen molar-refractivity contribution in [3.63, 3.8) is 0 Å². The average molecular weight is 372 g/mol. The maximum absolute atomic E-state index is 12.2. The lowest BCUT2D eigenvalue weighted by Gasteiger charge is -2.09. The molecule has 4 aromatic rings. The third-order valence-electron chi connectivity index (χ3n) is 4.49. The van der Waals surface area contributed by atoms with Crippen molar-refractivity contribution in [1.29, 1.82) is 0 Å². The molecule has 6 nitrogen and oxygen atoms in total.